The van der Waals surface area contributed by atoms with Crippen LogP contribution in [0, 0.1) is 16.5 Å². The summed E-state index contributed by atoms with van der Waals surface area (Å²) in [5, 5.41) is 14.1. The van der Waals surface area contributed by atoms with Crippen LogP contribution in [0.4, 0.5) is 5.69 Å². The number of rotatable bonds is 1. The van der Waals surface area contributed by atoms with Crippen molar-refractivity contribution < 1.29 is 14.2 Å². The molecule has 1 amide bonds. The van der Waals surface area contributed by atoms with E-state index in [1.807, 2.05) is 17.0 Å². The van der Waals surface area contributed by atoms with Gasteiger partial charge >= 0.3 is 0 Å². The van der Waals surface area contributed by atoms with E-state index < -0.39 is 5.66 Å². The largest absolute Gasteiger partial charge is 0.631 e. The van der Waals surface area contributed by atoms with Crippen molar-refractivity contribution in [1.82, 2.24) is 0 Å². The summed E-state index contributed by atoms with van der Waals surface area (Å²) in [7, 11) is 1.65. The number of ether oxygens (including phenoxy) is 1. The third kappa shape index (κ3) is 1.27. The summed E-state index contributed by atoms with van der Waals surface area (Å²) in [6.45, 7) is 1.11. The van der Waals surface area contributed by atoms with Crippen LogP contribution in [-0.2, 0) is 4.79 Å². The predicted molar refractivity (Wildman–Crippen MR) is 92.8 cm³/mol. The van der Waals surface area contributed by atoms with Crippen LogP contribution in [0.15, 0.2) is 30.4 Å². The molecule has 6 rings (SSSR count). The van der Waals surface area contributed by atoms with Crippen LogP contribution >= 0.6 is 0 Å². The van der Waals surface area contributed by atoms with Crippen molar-refractivity contribution in [1.29, 1.82) is 0 Å². The molecule has 0 aromatic heterocycles. The quantitative estimate of drug-likeness (QED) is 0.449. The van der Waals surface area contributed by atoms with Gasteiger partial charge < -0.3 is 14.6 Å². The summed E-state index contributed by atoms with van der Waals surface area (Å²) in [5.41, 5.74) is 1.26. The zero-order chi connectivity index (χ0) is 17.0. The SMILES string of the molecule is COc1ccc2c(c1)N1C(=O)C[C@]34C=CC[N+]5([O-])CC[C@@H]2[C@@H](CC3)[C@]145. The van der Waals surface area contributed by atoms with Crippen LogP contribution in [0.2, 0.25) is 0 Å². The highest BCUT2D eigenvalue weighted by atomic mass is 16.6. The van der Waals surface area contributed by atoms with Crippen molar-refractivity contribution in [2.24, 2.45) is 11.3 Å². The summed E-state index contributed by atoms with van der Waals surface area (Å²) in [4.78, 5) is 15.2. The molecule has 0 N–H and O–H groups in total. The van der Waals surface area contributed by atoms with Gasteiger partial charge in [-0.1, -0.05) is 12.1 Å². The highest BCUT2D eigenvalue weighted by Gasteiger charge is 2.80. The van der Waals surface area contributed by atoms with E-state index in [1.54, 1.807) is 7.11 Å². The second-order valence-corrected chi connectivity index (χ2v) is 8.45. The number of piperidine rings is 1. The fourth-order valence-corrected chi connectivity index (χ4v) is 7.20. The molecule has 1 spiro atoms. The van der Waals surface area contributed by atoms with Crippen molar-refractivity contribution in [2.75, 3.05) is 25.1 Å². The highest BCUT2D eigenvalue weighted by Crippen LogP contribution is 2.73. The molecule has 4 heterocycles. The second kappa shape index (κ2) is 4.10. The normalized spacial score (nSPS) is 45.4. The summed E-state index contributed by atoms with van der Waals surface area (Å²) < 4.78 is 5.19. The van der Waals surface area contributed by atoms with Crippen LogP contribution in [-0.4, -0.2) is 36.4 Å². The lowest BCUT2D eigenvalue weighted by molar-refractivity contribution is -0.944. The van der Waals surface area contributed by atoms with Crippen molar-refractivity contribution in [3.05, 3.63) is 41.1 Å². The number of anilines is 1. The second-order valence-electron chi connectivity index (χ2n) is 8.45. The van der Waals surface area contributed by atoms with E-state index in [-0.39, 0.29) is 21.9 Å². The number of carbonyl (C=O) groups is 1. The molecule has 130 valence electrons. The van der Waals surface area contributed by atoms with Crippen molar-refractivity contribution in [3.63, 3.8) is 0 Å². The van der Waals surface area contributed by atoms with Gasteiger partial charge in [0.25, 0.3) is 0 Å². The molecule has 3 fully saturated rings. The summed E-state index contributed by atoms with van der Waals surface area (Å²) in [6, 6.07) is 6.10. The Morgan fingerprint density at radius 1 is 1.36 bits per heavy atom. The molecule has 1 aliphatic carbocycles. The van der Waals surface area contributed by atoms with Gasteiger partial charge in [0, 0.05) is 30.7 Å². The first kappa shape index (κ1) is 14.3. The molecule has 2 saturated heterocycles. The lowest BCUT2D eigenvalue weighted by Gasteiger charge is -2.69. The van der Waals surface area contributed by atoms with Gasteiger partial charge in [0.05, 0.1) is 31.3 Å². The minimum atomic E-state index is -0.624. The van der Waals surface area contributed by atoms with Gasteiger partial charge in [0.1, 0.15) is 5.75 Å². The van der Waals surface area contributed by atoms with Crippen LogP contribution < -0.4 is 9.64 Å². The van der Waals surface area contributed by atoms with Crippen LogP contribution in [0.3, 0.4) is 0 Å². The van der Waals surface area contributed by atoms with E-state index in [0.29, 0.717) is 25.4 Å². The molecule has 1 aromatic rings. The number of methoxy groups -OCH3 is 1. The topological polar surface area (TPSA) is 52.6 Å². The number of quaternary nitrogens is 1. The monoisotopic (exact) mass is 338 g/mol. The molecular formula is C20H22N2O3. The molecule has 5 heteroatoms. The van der Waals surface area contributed by atoms with E-state index in [2.05, 4.69) is 18.2 Å². The Kier molecular flexibility index (Phi) is 2.35. The number of hydrogen-bond acceptors (Lipinski definition) is 3. The number of hydroxylamine groups is 3. The summed E-state index contributed by atoms with van der Waals surface area (Å²) in [6.07, 6.45) is 7.69. The van der Waals surface area contributed by atoms with Gasteiger partial charge in [-0.2, -0.15) is 0 Å². The average molecular weight is 338 g/mol. The molecule has 4 aliphatic heterocycles. The fourth-order valence-electron chi connectivity index (χ4n) is 7.20. The molecule has 5 atom stereocenters. The Hall–Kier alpha value is -1.85. The maximum Gasteiger partial charge on any atom is 0.233 e. The summed E-state index contributed by atoms with van der Waals surface area (Å²) >= 11 is 0. The third-order valence-corrected chi connectivity index (χ3v) is 7.83. The standard InChI is InChI=1S/C20H22N2O3/c1-25-13-3-4-15-14-6-10-22(24)9-2-7-19-8-5-16(14)20(19,22)21(17(15)11-13)18(23)12-19/h2-4,7,11,14,16H,5-6,8-10,12H2,1H3/t14-,16+,19-,20+,22?/m0/s1. The van der Waals surface area contributed by atoms with Crippen molar-refractivity contribution in [3.8, 4) is 5.75 Å². The first-order valence-corrected chi connectivity index (χ1v) is 9.33. The number of carbonyl (C=O) groups excluding carboxylic acids is 1. The lowest BCUT2D eigenvalue weighted by Crippen LogP contribution is -2.79. The number of amides is 1. The highest BCUT2D eigenvalue weighted by molar-refractivity contribution is 6.01. The smallest absolute Gasteiger partial charge is 0.233 e. The first-order valence-electron chi connectivity index (χ1n) is 9.33. The lowest BCUT2D eigenvalue weighted by atomic mass is 9.62. The van der Waals surface area contributed by atoms with E-state index in [1.165, 1.54) is 5.56 Å². The zero-order valence-corrected chi connectivity index (χ0v) is 14.4. The molecular weight excluding hydrogens is 316 g/mol. The van der Waals surface area contributed by atoms with Gasteiger partial charge in [-0.15, -0.1) is 0 Å². The van der Waals surface area contributed by atoms with Gasteiger partial charge in [-0.25, -0.2) is 0 Å². The van der Waals surface area contributed by atoms with Gasteiger partial charge in [-0.05, 0) is 30.5 Å². The predicted octanol–water partition coefficient (Wildman–Crippen LogP) is 2.91. The Morgan fingerprint density at radius 2 is 2.24 bits per heavy atom. The van der Waals surface area contributed by atoms with E-state index in [9.17, 15) is 10.0 Å². The molecule has 5 nitrogen and oxygen atoms in total. The zero-order valence-electron chi connectivity index (χ0n) is 14.4. The Labute approximate surface area is 147 Å². The maximum atomic E-state index is 14.1. The van der Waals surface area contributed by atoms with Gasteiger partial charge in [-0.3, -0.25) is 9.69 Å². The molecule has 1 saturated carbocycles. The minimum Gasteiger partial charge on any atom is -0.631 e. The fraction of sp³-hybridized carbons (Fsp3) is 0.550. The molecule has 1 aromatic carbocycles. The van der Waals surface area contributed by atoms with E-state index in [4.69, 9.17) is 4.74 Å². The van der Waals surface area contributed by atoms with E-state index in [0.717, 1.165) is 30.7 Å². The number of fused-ring (bicyclic) bond motifs is 3. The molecule has 25 heavy (non-hydrogen) atoms. The van der Waals surface area contributed by atoms with Crippen LogP contribution in [0.25, 0.3) is 0 Å². The Balaban J connectivity index is 1.72. The average Bonchev–Trinajstić information content (AvgIpc) is 3.07. The number of benzene rings is 1. The van der Waals surface area contributed by atoms with Crippen molar-refractivity contribution >= 4 is 11.6 Å². The minimum absolute atomic E-state index is 0.115. The van der Waals surface area contributed by atoms with Crippen LogP contribution in [0.5, 0.6) is 5.75 Å². The molecule has 2 bridgehead atoms. The number of nitrogens with zero attached hydrogens (tertiary/aromatic N) is 2. The van der Waals surface area contributed by atoms with E-state index >= 15 is 0 Å². The molecule has 1 unspecified atom stereocenters. The third-order valence-electron chi connectivity index (χ3n) is 7.83. The van der Waals surface area contributed by atoms with Crippen molar-refractivity contribution in [2.45, 2.75) is 37.3 Å². The molecule has 0 radical (unpaired) electrons. The summed E-state index contributed by atoms with van der Waals surface area (Å²) in [5.74, 6) is 1.53. The first-order chi connectivity index (χ1) is 12.1. The number of hydrogen-bond donors (Lipinski definition) is 0. The maximum absolute atomic E-state index is 14.1. The van der Waals surface area contributed by atoms with Gasteiger partial charge in [0.2, 0.25) is 5.91 Å². The Morgan fingerprint density at radius 3 is 3.08 bits per heavy atom. The molecule has 5 aliphatic rings. The van der Waals surface area contributed by atoms with Crippen LogP contribution in [0.1, 0.15) is 37.2 Å². The van der Waals surface area contributed by atoms with Gasteiger partial charge in [0.15, 0.2) is 5.66 Å². The Bertz CT molecular complexity index is 851.